The maximum absolute atomic E-state index is 13.4. The Morgan fingerprint density at radius 2 is 1.59 bits per heavy atom. The Balaban J connectivity index is 1.80. The van der Waals surface area contributed by atoms with E-state index in [0.29, 0.717) is 0 Å². The van der Waals surface area contributed by atoms with Crippen LogP contribution in [0.3, 0.4) is 0 Å². The van der Waals surface area contributed by atoms with E-state index in [4.69, 9.17) is 9.47 Å². The lowest BCUT2D eigenvalue weighted by Gasteiger charge is -2.20. The number of aromatic nitrogens is 3. The quantitative estimate of drug-likeness (QED) is 0.346. The average molecular weight is 711 g/mol. The Labute approximate surface area is 280 Å². The van der Waals surface area contributed by atoms with Crippen LogP contribution in [-0.2, 0) is 49.3 Å². The number of nitrogens with zero attached hydrogens (tertiary/aromatic N) is 4. The molecule has 0 unspecified atom stereocenters. The van der Waals surface area contributed by atoms with E-state index in [1.54, 1.807) is 41.5 Å². The predicted molar refractivity (Wildman–Crippen MR) is 171 cm³/mol. The third-order valence-electron chi connectivity index (χ3n) is 6.15. The molecule has 49 heavy (non-hydrogen) atoms. The number of sulfonamides is 1. The van der Waals surface area contributed by atoms with Gasteiger partial charge >= 0.3 is 18.4 Å². The molecule has 0 radical (unpaired) electrons. The lowest BCUT2D eigenvalue weighted by atomic mass is 10.1. The van der Waals surface area contributed by atoms with Crippen molar-refractivity contribution >= 4 is 33.8 Å². The standard InChI is InChI=1S/C31H37F3N6O8S/c1-19-12-13-23(38-49(45,46)18-21-10-8-9-11-22(21)31(32,33)34)25(42)39(19)17-24(41)35-14-20-15-36-26(37-27(43)47-29(2,3)4)40(16-20)28(44)48-30(5,6)7/h8-13,15-16,38H,14,17-18H2,1-7H3,(H,35,41). The number of carbonyl (C=O) groups is 3. The van der Waals surface area contributed by atoms with Gasteiger partial charge in [-0.3, -0.25) is 14.3 Å². The molecule has 1 aromatic carbocycles. The van der Waals surface area contributed by atoms with E-state index in [0.717, 1.165) is 33.4 Å². The van der Waals surface area contributed by atoms with Gasteiger partial charge in [-0.05, 0) is 72.2 Å². The van der Waals surface area contributed by atoms with E-state index in [-0.39, 0.29) is 23.4 Å². The van der Waals surface area contributed by atoms with Gasteiger partial charge in [0.15, 0.2) is 0 Å². The van der Waals surface area contributed by atoms with Gasteiger partial charge in [0.2, 0.25) is 21.5 Å². The minimum Gasteiger partial charge on any atom is -0.443 e. The summed E-state index contributed by atoms with van der Waals surface area (Å²) in [5.74, 6) is -1.76. The second-order valence-corrected chi connectivity index (χ2v) is 14.5. The third kappa shape index (κ3) is 11.6. The fourth-order valence-corrected chi connectivity index (χ4v) is 5.35. The van der Waals surface area contributed by atoms with Crippen LogP contribution in [0.1, 0.15) is 63.9 Å². The SMILES string of the molecule is Cc1ccc(NS(=O)(=O)Cc2ccccc2C(F)(F)F)c(=O)n1CC(=O)NCc1cnc(=NC(=O)OC(C)(C)C)n(C(=O)OC(C)(C)C)c1. The van der Waals surface area contributed by atoms with Crippen molar-refractivity contribution in [2.24, 2.45) is 4.99 Å². The molecule has 0 bridgehead atoms. The number of ether oxygens (including phenoxy) is 2. The summed E-state index contributed by atoms with van der Waals surface area (Å²) in [7, 11) is -4.49. The van der Waals surface area contributed by atoms with Gasteiger partial charge in [-0.15, -0.1) is 4.99 Å². The lowest BCUT2D eigenvalue weighted by Crippen LogP contribution is -2.37. The number of carbonyl (C=O) groups excluding carboxylic acids is 3. The van der Waals surface area contributed by atoms with Gasteiger partial charge in [-0.1, -0.05) is 18.2 Å². The van der Waals surface area contributed by atoms with Crippen LogP contribution in [0.25, 0.3) is 0 Å². The average Bonchev–Trinajstić information content (AvgIpc) is 2.93. The van der Waals surface area contributed by atoms with Gasteiger partial charge in [0.1, 0.15) is 23.4 Å². The van der Waals surface area contributed by atoms with Crippen molar-refractivity contribution in [3.05, 3.63) is 87.1 Å². The van der Waals surface area contributed by atoms with E-state index < -0.39 is 80.2 Å². The summed E-state index contributed by atoms with van der Waals surface area (Å²) in [4.78, 5) is 59.1. The molecule has 0 saturated heterocycles. The maximum Gasteiger partial charge on any atom is 0.437 e. The molecule has 3 aromatic rings. The second-order valence-electron chi connectivity index (χ2n) is 12.8. The van der Waals surface area contributed by atoms with Crippen LogP contribution in [-0.4, -0.2) is 51.8 Å². The summed E-state index contributed by atoms with van der Waals surface area (Å²) in [5.41, 5.74) is -4.61. The first-order chi connectivity index (χ1) is 22.4. The number of amides is 2. The van der Waals surface area contributed by atoms with E-state index in [2.05, 4.69) is 15.3 Å². The third-order valence-corrected chi connectivity index (χ3v) is 7.37. The number of benzene rings is 1. The molecule has 0 saturated carbocycles. The number of nitrogens with one attached hydrogen (secondary N) is 2. The largest absolute Gasteiger partial charge is 0.443 e. The smallest absolute Gasteiger partial charge is 0.437 e. The van der Waals surface area contributed by atoms with Crippen LogP contribution < -0.4 is 21.2 Å². The molecule has 0 spiro atoms. The Bertz CT molecular complexity index is 1970. The van der Waals surface area contributed by atoms with Crippen LogP contribution in [0.5, 0.6) is 0 Å². The van der Waals surface area contributed by atoms with Crippen LogP contribution >= 0.6 is 0 Å². The molecule has 0 aliphatic carbocycles. The topological polar surface area (TPSA) is 180 Å². The van der Waals surface area contributed by atoms with E-state index in [9.17, 15) is 40.8 Å². The van der Waals surface area contributed by atoms with Gasteiger partial charge in [0.25, 0.3) is 5.56 Å². The second kappa shape index (κ2) is 14.6. The van der Waals surface area contributed by atoms with E-state index >= 15 is 0 Å². The van der Waals surface area contributed by atoms with Gasteiger partial charge in [0, 0.05) is 30.2 Å². The van der Waals surface area contributed by atoms with E-state index in [1.165, 1.54) is 31.5 Å². The molecular weight excluding hydrogens is 673 g/mol. The summed E-state index contributed by atoms with van der Waals surface area (Å²) < 4.78 is 80.1. The summed E-state index contributed by atoms with van der Waals surface area (Å²) in [6.45, 7) is 10.5. The van der Waals surface area contributed by atoms with Crippen molar-refractivity contribution in [2.75, 3.05) is 4.72 Å². The Hall–Kier alpha value is -5.00. The van der Waals surface area contributed by atoms with Crippen LogP contribution in [0.2, 0.25) is 0 Å². The van der Waals surface area contributed by atoms with Crippen molar-refractivity contribution in [1.29, 1.82) is 0 Å². The summed E-state index contributed by atoms with van der Waals surface area (Å²) in [6.07, 6.45) is -4.23. The van der Waals surface area contributed by atoms with Crippen molar-refractivity contribution in [2.45, 2.75) is 84.7 Å². The molecular formula is C31H37F3N6O8S. The van der Waals surface area contributed by atoms with Crippen molar-refractivity contribution in [1.82, 2.24) is 19.4 Å². The number of aryl methyl sites for hydroxylation is 1. The highest BCUT2D eigenvalue weighted by Gasteiger charge is 2.34. The highest BCUT2D eigenvalue weighted by molar-refractivity contribution is 7.91. The number of hydrogen-bond acceptors (Lipinski definition) is 9. The fraction of sp³-hybridized carbons (Fsp3) is 0.419. The first-order valence-electron chi connectivity index (χ1n) is 14.7. The molecule has 18 heteroatoms. The molecule has 0 atom stereocenters. The molecule has 2 heterocycles. The first-order valence-corrected chi connectivity index (χ1v) is 16.3. The van der Waals surface area contributed by atoms with Gasteiger partial charge < -0.3 is 19.4 Å². The highest BCUT2D eigenvalue weighted by atomic mass is 32.2. The number of anilines is 1. The molecule has 2 amide bonds. The number of alkyl halides is 3. The zero-order chi connectivity index (χ0) is 36.9. The summed E-state index contributed by atoms with van der Waals surface area (Å²) >= 11 is 0. The van der Waals surface area contributed by atoms with Crippen molar-refractivity contribution < 1.29 is 45.4 Å². The van der Waals surface area contributed by atoms with Gasteiger partial charge in [0.05, 0.1) is 11.3 Å². The van der Waals surface area contributed by atoms with Gasteiger partial charge in [-0.2, -0.15) is 13.2 Å². The van der Waals surface area contributed by atoms with E-state index in [1.807, 2.05) is 4.72 Å². The number of hydrogen-bond donors (Lipinski definition) is 2. The molecule has 266 valence electrons. The summed E-state index contributed by atoms with van der Waals surface area (Å²) in [6, 6.07) is 6.67. The molecule has 0 aliphatic heterocycles. The summed E-state index contributed by atoms with van der Waals surface area (Å²) in [5, 5.41) is 2.56. The number of pyridine rings is 1. The van der Waals surface area contributed by atoms with Crippen molar-refractivity contribution in [3.8, 4) is 0 Å². The Morgan fingerprint density at radius 3 is 2.20 bits per heavy atom. The number of halogens is 3. The normalized spacial score (nSPS) is 12.7. The first kappa shape index (κ1) is 38.4. The van der Waals surface area contributed by atoms with Crippen LogP contribution in [0.15, 0.2) is 58.6 Å². The molecule has 2 N–H and O–H groups in total. The van der Waals surface area contributed by atoms with Gasteiger partial charge in [-0.25, -0.2) is 27.6 Å². The molecule has 0 fully saturated rings. The Morgan fingerprint density at radius 1 is 0.959 bits per heavy atom. The number of rotatable bonds is 8. The lowest BCUT2D eigenvalue weighted by molar-refractivity contribution is -0.138. The highest BCUT2D eigenvalue weighted by Crippen LogP contribution is 2.32. The molecule has 14 nitrogen and oxygen atoms in total. The minimum atomic E-state index is -4.79. The monoisotopic (exact) mass is 710 g/mol. The molecule has 3 rings (SSSR count). The molecule has 0 aliphatic rings. The molecule has 2 aromatic heterocycles. The minimum absolute atomic E-state index is 0.208. The van der Waals surface area contributed by atoms with Crippen LogP contribution in [0, 0.1) is 6.92 Å². The zero-order valence-electron chi connectivity index (χ0n) is 27.8. The van der Waals surface area contributed by atoms with Crippen LogP contribution in [0.4, 0.5) is 28.4 Å². The zero-order valence-corrected chi connectivity index (χ0v) is 28.7. The predicted octanol–water partition coefficient (Wildman–Crippen LogP) is 4.25. The van der Waals surface area contributed by atoms with Crippen molar-refractivity contribution in [3.63, 3.8) is 0 Å². The Kier molecular flexibility index (Phi) is 11.5. The maximum atomic E-state index is 13.4. The fourth-order valence-electron chi connectivity index (χ4n) is 4.12.